The fraction of sp³-hybridized carbons (Fsp3) is 0.188. The van der Waals surface area contributed by atoms with Crippen LogP contribution in [0.25, 0.3) is 0 Å². The summed E-state index contributed by atoms with van der Waals surface area (Å²) in [6.45, 7) is 1.53. The van der Waals surface area contributed by atoms with Gasteiger partial charge in [-0.3, -0.25) is 4.79 Å². The highest BCUT2D eigenvalue weighted by Crippen LogP contribution is 2.28. The zero-order chi connectivity index (χ0) is 15.2. The van der Waals surface area contributed by atoms with Crippen LogP contribution in [0, 0.1) is 0 Å². The lowest BCUT2D eigenvalue weighted by molar-refractivity contribution is -0.118. The quantitative estimate of drug-likeness (QED) is 0.868. The summed E-state index contributed by atoms with van der Waals surface area (Å²) in [7, 11) is 0. The second-order valence-corrected chi connectivity index (χ2v) is 5.48. The van der Waals surface area contributed by atoms with Gasteiger partial charge in [-0.1, -0.05) is 40.2 Å². The van der Waals surface area contributed by atoms with Gasteiger partial charge in [0.15, 0.2) is 6.61 Å². The molecule has 1 atom stereocenters. The molecule has 0 aliphatic carbocycles. The first kappa shape index (κ1) is 15.5. The molecule has 0 bridgehead atoms. The molecule has 4 nitrogen and oxygen atoms in total. The van der Waals surface area contributed by atoms with Gasteiger partial charge < -0.3 is 15.2 Å². The minimum atomic E-state index is -0.662. The van der Waals surface area contributed by atoms with Gasteiger partial charge in [-0.25, -0.2) is 0 Å². The fourth-order valence-electron chi connectivity index (χ4n) is 1.84. The molecule has 0 unspecified atom stereocenters. The Labute approximate surface area is 131 Å². The minimum absolute atomic E-state index is 0.120. The van der Waals surface area contributed by atoms with Crippen molar-refractivity contribution in [1.82, 2.24) is 0 Å². The average Bonchev–Trinajstić information content (AvgIpc) is 2.46. The third-order valence-corrected chi connectivity index (χ3v) is 3.34. The molecule has 0 saturated carbocycles. The van der Waals surface area contributed by atoms with Crippen LogP contribution in [0.15, 0.2) is 53.0 Å². The molecule has 0 fully saturated rings. The fourth-order valence-corrected chi connectivity index (χ4v) is 2.18. The number of aliphatic hydroxyl groups excluding tert-OH is 1. The zero-order valence-corrected chi connectivity index (χ0v) is 13.1. The number of halogens is 1. The molecule has 0 heterocycles. The van der Waals surface area contributed by atoms with E-state index in [2.05, 4.69) is 21.2 Å². The van der Waals surface area contributed by atoms with Crippen molar-refractivity contribution in [2.45, 2.75) is 13.0 Å². The highest BCUT2D eigenvalue weighted by molar-refractivity contribution is 9.10. The van der Waals surface area contributed by atoms with E-state index in [0.717, 1.165) is 10.2 Å². The number of para-hydroxylation sites is 1. The van der Waals surface area contributed by atoms with Crippen LogP contribution in [0.3, 0.4) is 0 Å². The molecule has 110 valence electrons. The zero-order valence-electron chi connectivity index (χ0n) is 11.5. The number of anilines is 1. The summed E-state index contributed by atoms with van der Waals surface area (Å²) < 4.78 is 6.34. The molecule has 0 aliphatic rings. The van der Waals surface area contributed by atoms with Crippen molar-refractivity contribution in [2.24, 2.45) is 0 Å². The summed E-state index contributed by atoms with van der Waals surface area (Å²) in [5.41, 5.74) is 1.36. The number of ether oxygens (including phenoxy) is 1. The number of amides is 1. The van der Waals surface area contributed by atoms with Crippen LogP contribution < -0.4 is 10.1 Å². The van der Waals surface area contributed by atoms with Crippen molar-refractivity contribution in [3.05, 3.63) is 58.6 Å². The molecule has 0 aromatic heterocycles. The molecular weight excluding hydrogens is 334 g/mol. The van der Waals surface area contributed by atoms with Crippen LogP contribution in [0.4, 0.5) is 5.69 Å². The average molecular weight is 350 g/mol. The van der Waals surface area contributed by atoms with E-state index >= 15 is 0 Å². The van der Waals surface area contributed by atoms with Crippen LogP contribution in [0.2, 0.25) is 0 Å². The van der Waals surface area contributed by atoms with Crippen molar-refractivity contribution in [3.8, 4) is 5.75 Å². The van der Waals surface area contributed by atoms with E-state index < -0.39 is 6.10 Å². The van der Waals surface area contributed by atoms with E-state index in [1.165, 1.54) is 0 Å². The molecule has 0 saturated heterocycles. The summed E-state index contributed by atoms with van der Waals surface area (Å²) in [4.78, 5) is 11.8. The topological polar surface area (TPSA) is 58.6 Å². The van der Waals surface area contributed by atoms with Gasteiger partial charge in [0, 0.05) is 15.7 Å². The highest BCUT2D eigenvalue weighted by Gasteiger charge is 2.11. The van der Waals surface area contributed by atoms with E-state index in [0.29, 0.717) is 11.3 Å². The first-order valence-corrected chi connectivity index (χ1v) is 7.31. The van der Waals surface area contributed by atoms with Gasteiger partial charge in [0.25, 0.3) is 5.91 Å². The molecule has 2 rings (SSSR count). The second-order valence-electron chi connectivity index (χ2n) is 4.56. The number of aliphatic hydroxyl groups is 1. The maximum atomic E-state index is 11.8. The summed E-state index contributed by atoms with van der Waals surface area (Å²) in [6, 6.07) is 14.5. The Bertz CT molecular complexity index is 614. The Balaban J connectivity index is 1.99. The first-order chi connectivity index (χ1) is 10.1. The third kappa shape index (κ3) is 4.58. The molecule has 21 heavy (non-hydrogen) atoms. The predicted molar refractivity (Wildman–Crippen MR) is 85.3 cm³/mol. The van der Waals surface area contributed by atoms with E-state index in [4.69, 9.17) is 4.74 Å². The van der Waals surface area contributed by atoms with Crippen LogP contribution >= 0.6 is 15.9 Å². The summed E-state index contributed by atoms with van der Waals surface area (Å²) in [5, 5.41) is 12.4. The van der Waals surface area contributed by atoms with E-state index in [9.17, 15) is 9.90 Å². The van der Waals surface area contributed by atoms with Crippen molar-refractivity contribution in [1.29, 1.82) is 0 Å². The molecule has 2 aromatic carbocycles. The predicted octanol–water partition coefficient (Wildman–Crippen LogP) is 3.52. The summed E-state index contributed by atoms with van der Waals surface area (Å²) >= 11 is 3.34. The Kier molecular flexibility index (Phi) is 5.36. The number of nitrogens with one attached hydrogen (secondary N) is 1. The number of benzene rings is 2. The molecule has 2 N–H and O–H groups in total. The number of hydrogen-bond donors (Lipinski definition) is 2. The molecule has 0 aliphatic heterocycles. The molecule has 5 heteroatoms. The highest BCUT2D eigenvalue weighted by atomic mass is 79.9. The molecule has 0 radical (unpaired) electrons. The Morgan fingerprint density at radius 3 is 2.67 bits per heavy atom. The Morgan fingerprint density at radius 1 is 1.29 bits per heavy atom. The summed E-state index contributed by atoms with van der Waals surface area (Å²) in [6.07, 6.45) is -0.662. The first-order valence-electron chi connectivity index (χ1n) is 6.51. The lowest BCUT2D eigenvalue weighted by Crippen LogP contribution is -2.20. The van der Waals surface area contributed by atoms with Gasteiger partial charge in [0.05, 0.1) is 6.10 Å². The van der Waals surface area contributed by atoms with Crippen molar-refractivity contribution >= 4 is 27.5 Å². The lowest BCUT2D eigenvalue weighted by atomic mass is 10.1. The largest absolute Gasteiger partial charge is 0.483 e. The van der Waals surface area contributed by atoms with Crippen LogP contribution in [0.5, 0.6) is 5.75 Å². The van der Waals surface area contributed by atoms with Crippen molar-refractivity contribution in [2.75, 3.05) is 11.9 Å². The number of carbonyl (C=O) groups is 1. The smallest absolute Gasteiger partial charge is 0.262 e. The van der Waals surface area contributed by atoms with E-state index in [1.54, 1.807) is 31.2 Å². The maximum Gasteiger partial charge on any atom is 0.262 e. The van der Waals surface area contributed by atoms with Gasteiger partial charge in [0.2, 0.25) is 0 Å². The van der Waals surface area contributed by atoms with Gasteiger partial charge in [0.1, 0.15) is 5.75 Å². The SMILES string of the molecule is C[C@H](O)c1ccc(Br)cc1OCC(=O)Nc1ccccc1. The molecular formula is C16H16BrNO3. The molecule has 0 spiro atoms. The minimum Gasteiger partial charge on any atom is -0.483 e. The second kappa shape index (κ2) is 7.24. The van der Waals surface area contributed by atoms with Crippen LogP contribution in [-0.4, -0.2) is 17.6 Å². The van der Waals surface area contributed by atoms with Gasteiger partial charge >= 0.3 is 0 Å². The number of carbonyl (C=O) groups excluding carboxylic acids is 1. The maximum absolute atomic E-state index is 11.8. The third-order valence-electron chi connectivity index (χ3n) is 2.84. The van der Waals surface area contributed by atoms with Gasteiger partial charge in [-0.05, 0) is 31.2 Å². The van der Waals surface area contributed by atoms with Crippen molar-refractivity contribution < 1.29 is 14.6 Å². The normalized spacial score (nSPS) is 11.8. The Hall–Kier alpha value is -1.85. The Morgan fingerprint density at radius 2 is 2.00 bits per heavy atom. The van der Waals surface area contributed by atoms with E-state index in [-0.39, 0.29) is 12.5 Å². The monoisotopic (exact) mass is 349 g/mol. The molecule has 1 amide bonds. The lowest BCUT2D eigenvalue weighted by Gasteiger charge is -2.14. The van der Waals surface area contributed by atoms with Gasteiger partial charge in [-0.2, -0.15) is 0 Å². The van der Waals surface area contributed by atoms with Crippen LogP contribution in [-0.2, 0) is 4.79 Å². The number of hydrogen-bond acceptors (Lipinski definition) is 3. The van der Waals surface area contributed by atoms with Crippen LogP contribution in [0.1, 0.15) is 18.6 Å². The summed E-state index contributed by atoms with van der Waals surface area (Å²) in [5.74, 6) is 0.236. The molecule has 2 aromatic rings. The van der Waals surface area contributed by atoms with E-state index in [1.807, 2.05) is 24.3 Å². The van der Waals surface area contributed by atoms with Gasteiger partial charge in [-0.15, -0.1) is 0 Å². The standard InChI is InChI=1S/C16H16BrNO3/c1-11(19)14-8-7-12(17)9-15(14)21-10-16(20)18-13-5-3-2-4-6-13/h2-9,11,19H,10H2,1H3,(H,18,20)/t11-/m0/s1. The number of rotatable bonds is 5. The van der Waals surface area contributed by atoms with Crippen molar-refractivity contribution in [3.63, 3.8) is 0 Å².